The minimum Gasteiger partial charge on any atom is -0.303 e. The number of fused-ring (bicyclic) bond motifs is 1. The van der Waals surface area contributed by atoms with Crippen LogP contribution in [0.15, 0.2) is 53.4 Å². The third-order valence-electron chi connectivity index (χ3n) is 3.99. The number of benzene rings is 2. The van der Waals surface area contributed by atoms with E-state index in [0.29, 0.717) is 12.1 Å². The first-order valence-corrected chi connectivity index (χ1v) is 8.27. The van der Waals surface area contributed by atoms with Crippen LogP contribution in [0.4, 0.5) is 0 Å². The summed E-state index contributed by atoms with van der Waals surface area (Å²) in [6, 6.07) is 18.5. The van der Waals surface area contributed by atoms with E-state index in [0.717, 1.165) is 0 Å². The molecular weight excluding hydrogens is 262 g/mol. The summed E-state index contributed by atoms with van der Waals surface area (Å²) in [7, 11) is 0. The summed E-state index contributed by atoms with van der Waals surface area (Å²) in [5, 5.41) is 3.80. The number of thioether (sulfide) groups is 1. The number of hydrogen-bond donors (Lipinski definition) is 1. The third-order valence-corrected chi connectivity index (χ3v) is 5.11. The lowest BCUT2D eigenvalue weighted by molar-refractivity contribution is 0.450. The van der Waals surface area contributed by atoms with Crippen molar-refractivity contribution < 1.29 is 0 Å². The van der Waals surface area contributed by atoms with Crippen molar-refractivity contribution in [2.75, 3.05) is 5.75 Å². The fourth-order valence-electron chi connectivity index (χ4n) is 2.77. The molecule has 0 saturated heterocycles. The van der Waals surface area contributed by atoms with Crippen molar-refractivity contribution >= 4 is 11.8 Å². The van der Waals surface area contributed by atoms with Crippen LogP contribution in [0.1, 0.15) is 42.1 Å². The van der Waals surface area contributed by atoms with Crippen LogP contribution < -0.4 is 5.32 Å². The Bertz CT molecular complexity index is 576. The van der Waals surface area contributed by atoms with Crippen molar-refractivity contribution in [1.29, 1.82) is 0 Å². The number of aryl methyl sites for hydroxylation is 1. The third kappa shape index (κ3) is 2.92. The van der Waals surface area contributed by atoms with Crippen LogP contribution in [0.2, 0.25) is 0 Å². The highest BCUT2D eigenvalue weighted by Crippen LogP contribution is 2.37. The average molecular weight is 283 g/mol. The molecule has 0 amide bonds. The van der Waals surface area contributed by atoms with Gasteiger partial charge in [-0.1, -0.05) is 48.0 Å². The average Bonchev–Trinajstić information content (AvgIpc) is 2.48. The molecule has 2 heteroatoms. The van der Waals surface area contributed by atoms with Crippen molar-refractivity contribution in [1.82, 2.24) is 5.32 Å². The molecule has 0 radical (unpaired) electrons. The molecule has 0 bridgehead atoms. The molecule has 0 saturated carbocycles. The minimum atomic E-state index is 0.386. The van der Waals surface area contributed by atoms with Crippen LogP contribution in [-0.2, 0) is 0 Å². The first-order chi connectivity index (χ1) is 9.74. The van der Waals surface area contributed by atoms with Crippen LogP contribution in [0.3, 0.4) is 0 Å². The Hall–Kier alpha value is -1.25. The van der Waals surface area contributed by atoms with Crippen LogP contribution in [0.25, 0.3) is 0 Å². The molecule has 0 aromatic heterocycles. The lowest BCUT2D eigenvalue weighted by atomic mass is 10.0. The van der Waals surface area contributed by atoms with Gasteiger partial charge in [-0.15, -0.1) is 11.8 Å². The smallest absolute Gasteiger partial charge is 0.0344 e. The van der Waals surface area contributed by atoms with Gasteiger partial charge in [0.05, 0.1) is 0 Å². The van der Waals surface area contributed by atoms with Crippen LogP contribution in [0, 0.1) is 6.92 Å². The lowest BCUT2D eigenvalue weighted by Crippen LogP contribution is -2.27. The number of hydrogen-bond acceptors (Lipinski definition) is 2. The largest absolute Gasteiger partial charge is 0.303 e. The molecule has 2 aromatic rings. The fourth-order valence-corrected chi connectivity index (χ4v) is 3.89. The van der Waals surface area contributed by atoms with E-state index in [4.69, 9.17) is 0 Å². The van der Waals surface area contributed by atoms with E-state index in [1.807, 2.05) is 11.8 Å². The Morgan fingerprint density at radius 1 is 1.10 bits per heavy atom. The summed E-state index contributed by atoms with van der Waals surface area (Å²) in [5.74, 6) is 1.20. The predicted octanol–water partition coefficient (Wildman–Crippen LogP) is 4.88. The van der Waals surface area contributed by atoms with Gasteiger partial charge in [0, 0.05) is 17.0 Å². The molecule has 0 aliphatic carbocycles. The van der Waals surface area contributed by atoms with Gasteiger partial charge >= 0.3 is 0 Å². The Morgan fingerprint density at radius 3 is 2.65 bits per heavy atom. The molecule has 2 aromatic carbocycles. The van der Waals surface area contributed by atoms with E-state index in [9.17, 15) is 0 Å². The maximum atomic E-state index is 3.80. The molecule has 1 aliphatic rings. The second kappa shape index (κ2) is 6.02. The molecule has 0 fully saturated rings. The van der Waals surface area contributed by atoms with E-state index >= 15 is 0 Å². The van der Waals surface area contributed by atoms with Gasteiger partial charge < -0.3 is 5.32 Å². The van der Waals surface area contributed by atoms with Gasteiger partial charge in [0.25, 0.3) is 0 Å². The molecule has 1 N–H and O–H groups in total. The number of nitrogens with one attached hydrogen (secondary N) is 1. The van der Waals surface area contributed by atoms with E-state index < -0.39 is 0 Å². The summed E-state index contributed by atoms with van der Waals surface area (Å²) < 4.78 is 0. The van der Waals surface area contributed by atoms with Crippen molar-refractivity contribution in [2.24, 2.45) is 0 Å². The van der Waals surface area contributed by atoms with Crippen molar-refractivity contribution in [3.63, 3.8) is 0 Å². The van der Waals surface area contributed by atoms with Gasteiger partial charge in [-0.3, -0.25) is 0 Å². The van der Waals surface area contributed by atoms with Crippen LogP contribution in [0.5, 0.6) is 0 Å². The minimum absolute atomic E-state index is 0.386. The summed E-state index contributed by atoms with van der Waals surface area (Å²) in [6.07, 6.45) is 1.21. The predicted molar refractivity (Wildman–Crippen MR) is 87.3 cm³/mol. The Morgan fingerprint density at radius 2 is 1.85 bits per heavy atom. The summed E-state index contributed by atoms with van der Waals surface area (Å²) in [6.45, 7) is 4.39. The van der Waals surface area contributed by atoms with Crippen molar-refractivity contribution in [3.8, 4) is 0 Å². The van der Waals surface area contributed by atoms with Crippen molar-refractivity contribution in [3.05, 3.63) is 65.2 Å². The highest BCUT2D eigenvalue weighted by Gasteiger charge is 2.21. The Labute approximate surface area is 125 Å². The lowest BCUT2D eigenvalue weighted by Gasteiger charge is -2.29. The summed E-state index contributed by atoms with van der Waals surface area (Å²) >= 11 is 1.98. The van der Waals surface area contributed by atoms with Crippen molar-refractivity contribution in [2.45, 2.75) is 37.2 Å². The zero-order valence-corrected chi connectivity index (χ0v) is 12.9. The topological polar surface area (TPSA) is 12.0 Å². The maximum Gasteiger partial charge on any atom is 0.0344 e. The number of rotatable bonds is 3. The van der Waals surface area contributed by atoms with E-state index in [-0.39, 0.29) is 0 Å². The molecule has 3 rings (SSSR count). The molecule has 1 nitrogen and oxygen atoms in total. The standard InChI is InChI=1S/C18H21NS/c1-13-7-9-15(10-8-13)14(2)19-17-11-12-20-18-6-4-3-5-16(17)18/h3-10,14,17,19H,11-12H2,1-2H3/t14-,17?/m0/s1. The van der Waals surface area contributed by atoms with E-state index in [1.165, 1.54) is 33.8 Å². The fraction of sp³-hybridized carbons (Fsp3) is 0.333. The van der Waals surface area contributed by atoms with Crippen LogP contribution in [-0.4, -0.2) is 5.75 Å². The zero-order valence-electron chi connectivity index (χ0n) is 12.1. The molecule has 1 heterocycles. The maximum absolute atomic E-state index is 3.80. The van der Waals surface area contributed by atoms with Gasteiger partial charge in [-0.2, -0.15) is 0 Å². The molecule has 1 unspecified atom stereocenters. The molecule has 104 valence electrons. The zero-order chi connectivity index (χ0) is 13.9. The van der Waals surface area contributed by atoms with Gasteiger partial charge in [0.1, 0.15) is 0 Å². The Balaban J connectivity index is 1.77. The quantitative estimate of drug-likeness (QED) is 0.861. The molecule has 2 atom stereocenters. The van der Waals surface area contributed by atoms with E-state index in [1.54, 1.807) is 0 Å². The monoisotopic (exact) mass is 283 g/mol. The second-order valence-corrected chi connectivity index (χ2v) is 6.66. The molecule has 20 heavy (non-hydrogen) atoms. The SMILES string of the molecule is Cc1ccc([C@H](C)NC2CCSc3ccccc32)cc1. The van der Waals surface area contributed by atoms with Gasteiger partial charge in [0.2, 0.25) is 0 Å². The normalized spacial score (nSPS) is 19.4. The first kappa shape index (κ1) is 13.7. The second-order valence-electron chi connectivity index (χ2n) is 5.53. The van der Waals surface area contributed by atoms with Gasteiger partial charge in [0.15, 0.2) is 0 Å². The first-order valence-electron chi connectivity index (χ1n) is 7.28. The van der Waals surface area contributed by atoms with Gasteiger partial charge in [-0.25, -0.2) is 0 Å². The van der Waals surface area contributed by atoms with E-state index in [2.05, 4.69) is 67.7 Å². The summed E-state index contributed by atoms with van der Waals surface area (Å²) in [4.78, 5) is 1.44. The molecule has 1 aliphatic heterocycles. The highest BCUT2D eigenvalue weighted by molar-refractivity contribution is 7.99. The molecular formula is C18H21NS. The van der Waals surface area contributed by atoms with Gasteiger partial charge in [-0.05, 0) is 43.2 Å². The highest BCUT2D eigenvalue weighted by atomic mass is 32.2. The summed E-state index contributed by atoms with van der Waals surface area (Å²) in [5.41, 5.74) is 4.15. The Kier molecular flexibility index (Phi) is 4.13. The van der Waals surface area contributed by atoms with Crippen LogP contribution >= 0.6 is 11.8 Å². The molecule has 0 spiro atoms.